The van der Waals surface area contributed by atoms with Crippen LogP contribution in [0.2, 0.25) is 0 Å². The molecule has 0 bridgehead atoms. The molecule has 2 rings (SSSR count). The van der Waals surface area contributed by atoms with E-state index in [1.807, 2.05) is 0 Å². The zero-order valence-electron chi connectivity index (χ0n) is 9.96. The molecular weight excluding hydrogens is 324 g/mol. The lowest BCUT2D eigenvalue weighted by Gasteiger charge is -2.05. The molecule has 1 heterocycles. The van der Waals surface area contributed by atoms with E-state index in [1.54, 1.807) is 0 Å². The van der Waals surface area contributed by atoms with Crippen molar-refractivity contribution in [2.45, 2.75) is 6.92 Å². The number of halogens is 3. The number of ether oxygens (including phenoxy) is 1. The Morgan fingerprint density at radius 3 is 2.74 bits per heavy atom. The van der Waals surface area contributed by atoms with Crippen LogP contribution in [0.3, 0.4) is 0 Å². The van der Waals surface area contributed by atoms with Crippen molar-refractivity contribution in [2.24, 2.45) is 0 Å². The van der Waals surface area contributed by atoms with Gasteiger partial charge in [0.25, 0.3) is 0 Å². The Hall–Kier alpha value is -1.76. The summed E-state index contributed by atoms with van der Waals surface area (Å²) in [6, 6.07) is 2.28. The number of methoxy groups -OCH3 is 1. The summed E-state index contributed by atoms with van der Waals surface area (Å²) >= 11 is 3.09. The number of nitrogens with zero attached hydrogens (tertiary/aromatic N) is 1. The van der Waals surface area contributed by atoms with Gasteiger partial charge in [0.1, 0.15) is 17.0 Å². The van der Waals surface area contributed by atoms with Crippen molar-refractivity contribution < 1.29 is 22.8 Å². The minimum Gasteiger partial charge on any atom is -0.465 e. The van der Waals surface area contributed by atoms with Gasteiger partial charge < -0.3 is 9.26 Å². The van der Waals surface area contributed by atoms with Gasteiger partial charge in [0.2, 0.25) is 0 Å². The Morgan fingerprint density at radius 1 is 1.42 bits per heavy atom. The third kappa shape index (κ3) is 2.25. The monoisotopic (exact) mass is 331 g/mol. The first-order valence-corrected chi connectivity index (χ1v) is 5.95. The van der Waals surface area contributed by atoms with Gasteiger partial charge in [-0.05, 0) is 35.0 Å². The molecule has 0 fully saturated rings. The predicted octanol–water partition coefficient (Wildman–Crippen LogP) is 3.48. The molecule has 0 aliphatic carbocycles. The molecule has 0 aliphatic rings. The Bertz CT molecular complexity index is 655. The molecule has 0 radical (unpaired) electrons. The fourth-order valence-corrected chi connectivity index (χ4v) is 2.12. The molecular formula is C12H8BrF2NO3. The molecule has 0 spiro atoms. The van der Waals surface area contributed by atoms with Crippen LogP contribution in [0, 0.1) is 18.6 Å². The fourth-order valence-electron chi connectivity index (χ4n) is 1.63. The van der Waals surface area contributed by atoms with Gasteiger partial charge in [0.15, 0.2) is 11.6 Å². The number of benzene rings is 1. The summed E-state index contributed by atoms with van der Waals surface area (Å²) in [4.78, 5) is 11.6. The molecule has 19 heavy (non-hydrogen) atoms. The number of esters is 1. The third-order valence-electron chi connectivity index (χ3n) is 2.53. The highest BCUT2D eigenvalue weighted by Crippen LogP contribution is 2.34. The second kappa shape index (κ2) is 5.08. The lowest BCUT2D eigenvalue weighted by Crippen LogP contribution is -2.05. The zero-order chi connectivity index (χ0) is 14.2. The van der Waals surface area contributed by atoms with E-state index in [0.717, 1.165) is 6.07 Å². The van der Waals surface area contributed by atoms with Crippen molar-refractivity contribution >= 4 is 21.9 Å². The summed E-state index contributed by atoms with van der Waals surface area (Å²) < 4.78 is 36.9. The van der Waals surface area contributed by atoms with Crippen LogP contribution in [0.15, 0.2) is 21.1 Å². The molecule has 0 saturated carbocycles. The van der Waals surface area contributed by atoms with Crippen LogP contribution >= 0.6 is 15.9 Å². The molecule has 1 aromatic heterocycles. The highest BCUT2D eigenvalue weighted by Gasteiger charge is 2.27. The van der Waals surface area contributed by atoms with E-state index in [0.29, 0.717) is 0 Å². The van der Waals surface area contributed by atoms with E-state index in [1.165, 1.54) is 20.1 Å². The summed E-state index contributed by atoms with van der Waals surface area (Å²) in [6.45, 7) is 1.48. The lowest BCUT2D eigenvalue weighted by molar-refractivity contribution is 0.0599. The minimum absolute atomic E-state index is 0.0345. The molecule has 0 aliphatic heterocycles. The number of rotatable bonds is 2. The first-order valence-electron chi connectivity index (χ1n) is 5.15. The average Bonchev–Trinajstić information content (AvgIpc) is 2.75. The van der Waals surface area contributed by atoms with E-state index in [9.17, 15) is 13.6 Å². The average molecular weight is 332 g/mol. The molecule has 4 nitrogen and oxygen atoms in total. The molecule has 0 N–H and O–H groups in total. The Morgan fingerprint density at radius 2 is 2.11 bits per heavy atom. The molecule has 0 amide bonds. The second-order valence-electron chi connectivity index (χ2n) is 3.67. The minimum atomic E-state index is -1.12. The van der Waals surface area contributed by atoms with Crippen molar-refractivity contribution in [2.75, 3.05) is 7.11 Å². The Kier molecular flexibility index (Phi) is 3.66. The van der Waals surface area contributed by atoms with Crippen LogP contribution in [-0.4, -0.2) is 18.2 Å². The number of hydrogen-bond donors (Lipinski definition) is 0. The fraction of sp³-hybridized carbons (Fsp3) is 0.167. The Labute approximate surface area is 115 Å². The number of aromatic nitrogens is 1. The van der Waals surface area contributed by atoms with Gasteiger partial charge in [-0.2, -0.15) is 0 Å². The van der Waals surface area contributed by atoms with Gasteiger partial charge >= 0.3 is 5.97 Å². The van der Waals surface area contributed by atoms with Crippen molar-refractivity contribution in [1.29, 1.82) is 0 Å². The summed E-state index contributed by atoms with van der Waals surface area (Å²) in [5.74, 6) is -2.73. The summed E-state index contributed by atoms with van der Waals surface area (Å²) in [5.41, 5.74) is -0.321. The van der Waals surface area contributed by atoms with Gasteiger partial charge in [-0.25, -0.2) is 13.6 Å². The molecule has 0 atom stereocenters. The van der Waals surface area contributed by atoms with Gasteiger partial charge in [0, 0.05) is 4.47 Å². The number of aryl methyl sites for hydroxylation is 1. The maximum atomic E-state index is 13.9. The van der Waals surface area contributed by atoms with Crippen molar-refractivity contribution in [3.63, 3.8) is 0 Å². The summed E-state index contributed by atoms with van der Waals surface area (Å²) in [5, 5.41) is 3.61. The van der Waals surface area contributed by atoms with E-state index < -0.39 is 17.6 Å². The van der Waals surface area contributed by atoms with E-state index >= 15 is 0 Å². The highest BCUT2D eigenvalue weighted by atomic mass is 79.9. The van der Waals surface area contributed by atoms with Crippen molar-refractivity contribution in [3.05, 3.63) is 39.6 Å². The molecule has 1 aromatic carbocycles. The van der Waals surface area contributed by atoms with E-state index in [-0.39, 0.29) is 27.1 Å². The maximum absolute atomic E-state index is 13.9. The van der Waals surface area contributed by atoms with Gasteiger partial charge in [-0.15, -0.1) is 0 Å². The quantitative estimate of drug-likeness (QED) is 0.624. The number of carbonyl (C=O) groups is 1. The molecule has 0 unspecified atom stereocenters. The predicted molar refractivity (Wildman–Crippen MR) is 65.6 cm³/mol. The zero-order valence-corrected chi connectivity index (χ0v) is 11.5. The SMILES string of the molecule is COC(=O)c1c(-c2c(Br)ccc(F)c2F)noc1C. The van der Waals surface area contributed by atoms with Crippen LogP contribution in [0.5, 0.6) is 0 Å². The highest BCUT2D eigenvalue weighted by molar-refractivity contribution is 9.10. The van der Waals surface area contributed by atoms with E-state index in [2.05, 4.69) is 25.8 Å². The summed E-state index contributed by atoms with van der Waals surface area (Å²) in [6.07, 6.45) is 0. The van der Waals surface area contributed by atoms with Crippen LogP contribution in [0.1, 0.15) is 16.1 Å². The van der Waals surface area contributed by atoms with Crippen LogP contribution < -0.4 is 0 Å². The summed E-state index contributed by atoms with van der Waals surface area (Å²) in [7, 11) is 1.18. The molecule has 0 saturated heterocycles. The molecule has 2 aromatic rings. The second-order valence-corrected chi connectivity index (χ2v) is 4.53. The largest absolute Gasteiger partial charge is 0.465 e. The normalized spacial score (nSPS) is 10.6. The van der Waals surface area contributed by atoms with E-state index in [4.69, 9.17) is 4.52 Å². The topological polar surface area (TPSA) is 52.3 Å². The van der Waals surface area contributed by atoms with Crippen LogP contribution in [-0.2, 0) is 4.74 Å². The maximum Gasteiger partial charge on any atom is 0.343 e. The number of carbonyl (C=O) groups excluding carboxylic acids is 1. The molecule has 100 valence electrons. The van der Waals surface area contributed by atoms with Gasteiger partial charge in [-0.1, -0.05) is 5.16 Å². The number of hydrogen-bond acceptors (Lipinski definition) is 4. The lowest BCUT2D eigenvalue weighted by atomic mass is 10.1. The van der Waals surface area contributed by atoms with Gasteiger partial charge in [-0.3, -0.25) is 0 Å². The standard InChI is InChI=1S/C12H8BrF2NO3/c1-5-8(12(17)18-2)11(16-19-5)9-6(13)3-4-7(14)10(9)15/h3-4H,1-2H3. The van der Waals surface area contributed by atoms with Crippen LogP contribution in [0.25, 0.3) is 11.3 Å². The smallest absolute Gasteiger partial charge is 0.343 e. The van der Waals surface area contributed by atoms with Crippen molar-refractivity contribution in [1.82, 2.24) is 5.16 Å². The first-order chi connectivity index (χ1) is 8.97. The van der Waals surface area contributed by atoms with Gasteiger partial charge in [0.05, 0.1) is 12.7 Å². The van der Waals surface area contributed by atoms with Crippen molar-refractivity contribution in [3.8, 4) is 11.3 Å². The first kappa shape index (κ1) is 13.7. The Balaban J connectivity index is 2.74. The van der Waals surface area contributed by atoms with Crippen LogP contribution in [0.4, 0.5) is 8.78 Å². The molecule has 7 heteroatoms. The third-order valence-corrected chi connectivity index (χ3v) is 3.19.